The minimum atomic E-state index is 0.590. The second-order valence-electron chi connectivity index (χ2n) is 5.16. The lowest BCUT2D eigenvalue weighted by atomic mass is 10.0. The quantitative estimate of drug-likeness (QED) is 0.866. The topological polar surface area (TPSA) is 60.6 Å². The molecule has 1 saturated heterocycles. The molecule has 1 unspecified atom stereocenters. The summed E-state index contributed by atoms with van der Waals surface area (Å²) in [5, 5.41) is 7.26. The van der Waals surface area contributed by atoms with Crippen LogP contribution in [-0.2, 0) is 6.54 Å². The number of nitrogens with one attached hydrogen (secondary N) is 2. The number of aromatic amines is 2. The summed E-state index contributed by atoms with van der Waals surface area (Å²) in [6.45, 7) is 7.37. The molecule has 1 aliphatic rings. The maximum atomic E-state index is 4.37. The molecule has 18 heavy (non-hydrogen) atoms. The first-order chi connectivity index (χ1) is 8.74. The Labute approximate surface area is 107 Å². The molecular weight excluding hydrogens is 226 g/mol. The van der Waals surface area contributed by atoms with E-state index in [2.05, 4.69) is 38.9 Å². The van der Waals surface area contributed by atoms with Crippen LogP contribution in [0.2, 0.25) is 0 Å². The molecule has 3 rings (SSSR count). The van der Waals surface area contributed by atoms with Gasteiger partial charge in [-0.2, -0.15) is 5.10 Å². The van der Waals surface area contributed by atoms with Crippen molar-refractivity contribution in [3.8, 4) is 0 Å². The zero-order valence-electron chi connectivity index (χ0n) is 10.9. The monoisotopic (exact) mass is 245 g/mol. The summed E-state index contributed by atoms with van der Waals surface area (Å²) in [5.41, 5.74) is 4.92. The first-order valence-electron chi connectivity index (χ1n) is 6.45. The number of imidazole rings is 1. The maximum absolute atomic E-state index is 4.37. The van der Waals surface area contributed by atoms with E-state index in [9.17, 15) is 0 Å². The highest BCUT2D eigenvalue weighted by molar-refractivity contribution is 5.20. The molecule has 1 fully saturated rings. The molecule has 0 radical (unpaired) electrons. The van der Waals surface area contributed by atoms with Crippen molar-refractivity contribution in [2.75, 3.05) is 13.1 Å². The van der Waals surface area contributed by atoms with Crippen LogP contribution in [0.25, 0.3) is 0 Å². The molecule has 2 aromatic rings. The number of H-pyrrole nitrogens is 2. The average Bonchev–Trinajstić information content (AvgIpc) is 3.03. The van der Waals surface area contributed by atoms with Gasteiger partial charge < -0.3 is 4.98 Å². The normalized spacial score (nSPS) is 20.7. The molecule has 2 aromatic heterocycles. The molecule has 1 aliphatic heterocycles. The lowest BCUT2D eigenvalue weighted by molar-refractivity contribution is 0.322. The van der Waals surface area contributed by atoms with E-state index in [1.54, 1.807) is 6.33 Å². The Kier molecular flexibility index (Phi) is 2.91. The van der Waals surface area contributed by atoms with Crippen LogP contribution < -0.4 is 0 Å². The summed E-state index contributed by atoms with van der Waals surface area (Å²) in [4.78, 5) is 9.97. The number of aromatic nitrogens is 4. The second-order valence-corrected chi connectivity index (χ2v) is 5.16. The van der Waals surface area contributed by atoms with Crippen molar-refractivity contribution in [1.82, 2.24) is 25.1 Å². The van der Waals surface area contributed by atoms with E-state index >= 15 is 0 Å². The Morgan fingerprint density at radius 2 is 2.33 bits per heavy atom. The first kappa shape index (κ1) is 11.5. The lowest BCUT2D eigenvalue weighted by Gasteiger charge is -2.15. The van der Waals surface area contributed by atoms with Crippen LogP contribution in [-0.4, -0.2) is 38.2 Å². The fourth-order valence-electron chi connectivity index (χ4n) is 2.74. The number of nitrogens with zero attached hydrogens (tertiary/aromatic N) is 3. The summed E-state index contributed by atoms with van der Waals surface area (Å²) >= 11 is 0. The third-order valence-electron chi connectivity index (χ3n) is 3.86. The smallest absolute Gasteiger partial charge is 0.0925 e. The van der Waals surface area contributed by atoms with Crippen molar-refractivity contribution in [2.24, 2.45) is 0 Å². The molecule has 0 bridgehead atoms. The van der Waals surface area contributed by atoms with Crippen molar-refractivity contribution in [2.45, 2.75) is 32.7 Å². The van der Waals surface area contributed by atoms with Crippen molar-refractivity contribution in [1.29, 1.82) is 0 Å². The third kappa shape index (κ3) is 2.06. The van der Waals surface area contributed by atoms with E-state index in [1.807, 2.05) is 6.20 Å². The SMILES string of the molecule is Cc1cn[nH]c1C1CCN(Cc2nc[nH]c2C)C1. The van der Waals surface area contributed by atoms with Gasteiger partial charge in [-0.25, -0.2) is 4.98 Å². The van der Waals surface area contributed by atoms with Gasteiger partial charge in [0.05, 0.1) is 18.2 Å². The third-order valence-corrected chi connectivity index (χ3v) is 3.86. The standard InChI is InChI=1S/C13H19N5/c1-9-5-16-17-13(9)11-3-4-18(6-11)7-12-10(2)14-8-15-12/h5,8,11H,3-4,6-7H2,1-2H3,(H,14,15)(H,16,17). The van der Waals surface area contributed by atoms with Crippen LogP contribution in [0.4, 0.5) is 0 Å². The molecule has 0 spiro atoms. The van der Waals surface area contributed by atoms with Crippen LogP contribution in [0.5, 0.6) is 0 Å². The highest BCUT2D eigenvalue weighted by Gasteiger charge is 2.26. The molecule has 0 aromatic carbocycles. The number of hydrogen-bond acceptors (Lipinski definition) is 3. The summed E-state index contributed by atoms with van der Waals surface area (Å²) in [6, 6.07) is 0. The largest absolute Gasteiger partial charge is 0.348 e. The van der Waals surface area contributed by atoms with E-state index in [4.69, 9.17) is 0 Å². The van der Waals surface area contributed by atoms with Crippen LogP contribution in [0, 0.1) is 13.8 Å². The van der Waals surface area contributed by atoms with E-state index in [0.29, 0.717) is 5.92 Å². The Morgan fingerprint density at radius 3 is 3.00 bits per heavy atom. The average molecular weight is 245 g/mol. The molecule has 0 aliphatic carbocycles. The second kappa shape index (κ2) is 4.57. The lowest BCUT2D eigenvalue weighted by Crippen LogP contribution is -2.20. The highest BCUT2D eigenvalue weighted by atomic mass is 15.2. The van der Waals surface area contributed by atoms with Gasteiger partial charge in [0.1, 0.15) is 0 Å². The van der Waals surface area contributed by atoms with Gasteiger partial charge in [-0.3, -0.25) is 10.00 Å². The van der Waals surface area contributed by atoms with Crippen LogP contribution in [0.15, 0.2) is 12.5 Å². The van der Waals surface area contributed by atoms with Crippen LogP contribution in [0.1, 0.15) is 35.0 Å². The fourth-order valence-corrected chi connectivity index (χ4v) is 2.74. The molecular formula is C13H19N5. The van der Waals surface area contributed by atoms with Crippen LogP contribution >= 0.6 is 0 Å². The summed E-state index contributed by atoms with van der Waals surface area (Å²) in [6.07, 6.45) is 4.89. The Morgan fingerprint density at radius 1 is 1.44 bits per heavy atom. The summed E-state index contributed by atoms with van der Waals surface area (Å²) in [5.74, 6) is 0.590. The van der Waals surface area contributed by atoms with Gasteiger partial charge in [0, 0.05) is 30.4 Å². The Balaban J connectivity index is 1.66. The van der Waals surface area contributed by atoms with E-state index in [-0.39, 0.29) is 0 Å². The van der Waals surface area contributed by atoms with Crippen LogP contribution in [0.3, 0.4) is 0 Å². The predicted octanol–water partition coefficient (Wildman–Crippen LogP) is 1.74. The molecule has 1 atom stereocenters. The van der Waals surface area contributed by atoms with Gasteiger partial charge in [0.2, 0.25) is 0 Å². The number of hydrogen-bond donors (Lipinski definition) is 2. The van der Waals surface area contributed by atoms with Gasteiger partial charge in [-0.05, 0) is 32.4 Å². The minimum Gasteiger partial charge on any atom is -0.348 e. The maximum Gasteiger partial charge on any atom is 0.0925 e. The van der Waals surface area contributed by atoms with Crippen molar-refractivity contribution in [3.63, 3.8) is 0 Å². The number of rotatable bonds is 3. The zero-order valence-corrected chi connectivity index (χ0v) is 10.9. The molecule has 0 amide bonds. The molecule has 96 valence electrons. The van der Waals surface area contributed by atoms with Gasteiger partial charge in [-0.1, -0.05) is 0 Å². The van der Waals surface area contributed by atoms with Crippen molar-refractivity contribution in [3.05, 3.63) is 35.2 Å². The zero-order chi connectivity index (χ0) is 12.5. The first-order valence-corrected chi connectivity index (χ1v) is 6.45. The summed E-state index contributed by atoms with van der Waals surface area (Å²) in [7, 11) is 0. The highest BCUT2D eigenvalue weighted by Crippen LogP contribution is 2.28. The van der Waals surface area contributed by atoms with Gasteiger partial charge in [0.25, 0.3) is 0 Å². The van der Waals surface area contributed by atoms with Crippen molar-refractivity contribution >= 4 is 0 Å². The molecule has 2 N–H and O–H groups in total. The molecule has 5 nitrogen and oxygen atoms in total. The fraction of sp³-hybridized carbons (Fsp3) is 0.538. The number of likely N-dealkylation sites (tertiary alicyclic amines) is 1. The van der Waals surface area contributed by atoms with Gasteiger partial charge in [-0.15, -0.1) is 0 Å². The van der Waals surface area contributed by atoms with Gasteiger partial charge >= 0.3 is 0 Å². The van der Waals surface area contributed by atoms with E-state index in [0.717, 1.165) is 25.3 Å². The number of aryl methyl sites for hydroxylation is 2. The van der Waals surface area contributed by atoms with E-state index < -0.39 is 0 Å². The Hall–Kier alpha value is -1.62. The molecule has 3 heterocycles. The van der Waals surface area contributed by atoms with E-state index in [1.165, 1.54) is 23.4 Å². The molecule has 5 heteroatoms. The summed E-state index contributed by atoms with van der Waals surface area (Å²) < 4.78 is 0. The van der Waals surface area contributed by atoms with Gasteiger partial charge in [0.15, 0.2) is 0 Å². The van der Waals surface area contributed by atoms with Crippen molar-refractivity contribution < 1.29 is 0 Å². The minimum absolute atomic E-state index is 0.590. The molecule has 0 saturated carbocycles. The Bertz CT molecular complexity index is 527. The predicted molar refractivity (Wildman–Crippen MR) is 69.3 cm³/mol.